The summed E-state index contributed by atoms with van der Waals surface area (Å²) >= 11 is 0. The zero-order valence-electron chi connectivity index (χ0n) is 14.8. The van der Waals surface area contributed by atoms with Crippen molar-refractivity contribution in [2.75, 3.05) is 16.7 Å². The van der Waals surface area contributed by atoms with Crippen LogP contribution in [0.5, 0.6) is 5.75 Å². The lowest BCUT2D eigenvalue weighted by Crippen LogP contribution is -2.44. The molecule has 1 amide bonds. The van der Waals surface area contributed by atoms with Gasteiger partial charge in [0.2, 0.25) is 5.91 Å². The van der Waals surface area contributed by atoms with Gasteiger partial charge >= 0.3 is 0 Å². The molecule has 0 aliphatic carbocycles. The van der Waals surface area contributed by atoms with Gasteiger partial charge in [-0.05, 0) is 36.6 Å². The number of ether oxygens (including phenoxy) is 1. The number of hydrogen-bond acceptors (Lipinski definition) is 4. The van der Waals surface area contributed by atoms with Crippen LogP contribution in [0.1, 0.15) is 6.92 Å². The Bertz CT molecular complexity index is 1150. The van der Waals surface area contributed by atoms with E-state index >= 15 is 0 Å². The molecule has 1 aliphatic heterocycles. The highest BCUT2D eigenvalue weighted by molar-refractivity contribution is 7.93. The van der Waals surface area contributed by atoms with Gasteiger partial charge in [0.15, 0.2) is 0 Å². The summed E-state index contributed by atoms with van der Waals surface area (Å²) in [5.74, 6) is 0.0700. The van der Waals surface area contributed by atoms with E-state index in [-0.39, 0.29) is 4.90 Å². The van der Waals surface area contributed by atoms with Gasteiger partial charge in [-0.15, -0.1) is 0 Å². The summed E-state index contributed by atoms with van der Waals surface area (Å²) in [6, 6.07) is 16.6. The zero-order chi connectivity index (χ0) is 19.2. The lowest BCUT2D eigenvalue weighted by Gasteiger charge is -2.25. The lowest BCUT2D eigenvalue weighted by atomic mass is 10.1. The van der Waals surface area contributed by atoms with Crippen molar-refractivity contribution in [3.05, 3.63) is 60.7 Å². The van der Waals surface area contributed by atoms with Crippen molar-refractivity contribution < 1.29 is 17.9 Å². The lowest BCUT2D eigenvalue weighted by molar-refractivity contribution is -0.116. The van der Waals surface area contributed by atoms with Gasteiger partial charge in [-0.3, -0.25) is 9.10 Å². The van der Waals surface area contributed by atoms with Crippen molar-refractivity contribution in [3.63, 3.8) is 0 Å². The number of benzene rings is 3. The van der Waals surface area contributed by atoms with Crippen molar-refractivity contribution in [1.82, 2.24) is 0 Å². The van der Waals surface area contributed by atoms with Crippen LogP contribution in [-0.4, -0.2) is 27.5 Å². The number of sulfonamides is 1. The Kier molecular flexibility index (Phi) is 4.04. The monoisotopic (exact) mass is 382 g/mol. The van der Waals surface area contributed by atoms with E-state index in [9.17, 15) is 13.2 Å². The van der Waals surface area contributed by atoms with Crippen LogP contribution in [0, 0.1) is 0 Å². The molecule has 1 atom stereocenters. The van der Waals surface area contributed by atoms with Crippen LogP contribution in [-0.2, 0) is 14.8 Å². The average Bonchev–Trinajstić information content (AvgIpc) is 2.90. The third kappa shape index (κ3) is 2.62. The predicted molar refractivity (Wildman–Crippen MR) is 105 cm³/mol. The van der Waals surface area contributed by atoms with Gasteiger partial charge in [-0.2, -0.15) is 0 Å². The van der Waals surface area contributed by atoms with Crippen LogP contribution in [0.25, 0.3) is 10.8 Å². The van der Waals surface area contributed by atoms with E-state index in [1.807, 2.05) is 12.1 Å². The van der Waals surface area contributed by atoms with Gasteiger partial charge in [0.25, 0.3) is 10.0 Å². The number of carbonyl (C=O) groups is 1. The van der Waals surface area contributed by atoms with Crippen LogP contribution >= 0.6 is 0 Å². The van der Waals surface area contributed by atoms with E-state index in [0.717, 1.165) is 5.39 Å². The molecule has 27 heavy (non-hydrogen) atoms. The summed E-state index contributed by atoms with van der Waals surface area (Å²) in [6.07, 6.45) is 0. The fraction of sp³-hybridized carbons (Fsp3) is 0.150. The van der Waals surface area contributed by atoms with Crippen LogP contribution < -0.4 is 14.4 Å². The Labute approximate surface area is 157 Å². The zero-order valence-corrected chi connectivity index (χ0v) is 15.7. The van der Waals surface area contributed by atoms with Crippen molar-refractivity contribution in [2.24, 2.45) is 0 Å². The van der Waals surface area contributed by atoms with E-state index in [2.05, 4.69) is 5.32 Å². The molecule has 0 bridgehead atoms. The number of carbonyl (C=O) groups excluding carboxylic acids is 1. The van der Waals surface area contributed by atoms with Crippen molar-refractivity contribution in [2.45, 2.75) is 17.9 Å². The van der Waals surface area contributed by atoms with Gasteiger partial charge in [0.1, 0.15) is 11.8 Å². The third-order valence-corrected chi connectivity index (χ3v) is 6.64. The summed E-state index contributed by atoms with van der Waals surface area (Å²) in [5, 5.41) is 4.24. The number of rotatable bonds is 4. The van der Waals surface area contributed by atoms with Crippen molar-refractivity contribution in [1.29, 1.82) is 0 Å². The predicted octanol–water partition coefficient (Wildman–Crippen LogP) is 3.38. The first-order valence-corrected chi connectivity index (χ1v) is 9.89. The number of methoxy groups -OCH3 is 1. The number of anilines is 2. The Balaban J connectivity index is 1.73. The van der Waals surface area contributed by atoms with E-state index in [1.165, 1.54) is 11.4 Å². The highest BCUT2D eigenvalue weighted by Gasteiger charge is 2.40. The number of nitrogens with zero attached hydrogens (tertiary/aromatic N) is 1. The molecule has 3 aromatic rings. The first-order chi connectivity index (χ1) is 12.9. The highest BCUT2D eigenvalue weighted by atomic mass is 32.2. The molecule has 3 aromatic carbocycles. The first kappa shape index (κ1) is 17.4. The minimum absolute atomic E-state index is 0.229. The van der Waals surface area contributed by atoms with Crippen LogP contribution in [0.15, 0.2) is 65.6 Å². The molecule has 4 rings (SSSR count). The van der Waals surface area contributed by atoms with Crippen molar-refractivity contribution >= 4 is 38.1 Å². The highest BCUT2D eigenvalue weighted by Crippen LogP contribution is 2.43. The molecular formula is C20H18N2O4S. The third-order valence-electron chi connectivity index (χ3n) is 4.71. The quantitative estimate of drug-likeness (QED) is 0.751. The number of nitrogens with one attached hydrogen (secondary N) is 1. The maximum Gasteiger partial charge on any atom is 0.265 e. The molecule has 0 saturated heterocycles. The Morgan fingerprint density at radius 2 is 1.74 bits per heavy atom. The van der Waals surface area contributed by atoms with Gasteiger partial charge in [0.05, 0.1) is 23.4 Å². The topological polar surface area (TPSA) is 75.7 Å². The SMILES string of the molecule is COc1ccccc1NC(=O)[C@H](C)N1c2cccc3cccc(c23)S1(=O)=O. The van der Waals surface area contributed by atoms with E-state index in [4.69, 9.17) is 4.74 Å². The minimum Gasteiger partial charge on any atom is -0.495 e. The second-order valence-electron chi connectivity index (χ2n) is 6.30. The molecule has 0 spiro atoms. The Hall–Kier alpha value is -3.06. The van der Waals surface area contributed by atoms with Crippen LogP contribution in [0.4, 0.5) is 11.4 Å². The molecule has 0 aromatic heterocycles. The standard InChI is InChI=1S/C20H18N2O4S/c1-13(20(23)21-15-9-3-4-11-17(15)26-2)22-16-10-5-7-14-8-6-12-18(19(14)16)27(22,24)25/h3-13H,1-2H3,(H,21,23)/t13-/m0/s1. The van der Waals surface area contributed by atoms with E-state index in [1.54, 1.807) is 55.5 Å². The van der Waals surface area contributed by atoms with Crippen molar-refractivity contribution in [3.8, 4) is 5.75 Å². The fourth-order valence-electron chi connectivity index (χ4n) is 3.43. The summed E-state index contributed by atoms with van der Waals surface area (Å²) in [5.41, 5.74) is 1.01. The normalized spacial score (nSPS) is 15.6. The Morgan fingerprint density at radius 3 is 2.48 bits per heavy atom. The van der Waals surface area contributed by atoms with E-state index < -0.39 is 22.0 Å². The molecule has 0 saturated carbocycles. The average molecular weight is 382 g/mol. The first-order valence-electron chi connectivity index (χ1n) is 8.45. The van der Waals surface area contributed by atoms with Gasteiger partial charge in [0, 0.05) is 5.39 Å². The summed E-state index contributed by atoms with van der Waals surface area (Å²) in [4.78, 5) is 13.1. The maximum atomic E-state index is 13.1. The molecule has 0 radical (unpaired) electrons. The summed E-state index contributed by atoms with van der Waals surface area (Å²) in [7, 11) is -2.30. The van der Waals surface area contributed by atoms with E-state index in [0.29, 0.717) is 22.5 Å². The molecule has 6 nitrogen and oxygen atoms in total. The minimum atomic E-state index is -3.81. The molecule has 1 aliphatic rings. The van der Waals surface area contributed by atoms with Gasteiger partial charge in [-0.25, -0.2) is 8.42 Å². The summed E-state index contributed by atoms with van der Waals surface area (Å²) < 4.78 is 32.6. The van der Waals surface area contributed by atoms with Gasteiger partial charge in [-0.1, -0.05) is 36.4 Å². The number of para-hydroxylation sites is 2. The second-order valence-corrected chi connectivity index (χ2v) is 8.08. The molecule has 1 heterocycles. The fourth-order valence-corrected chi connectivity index (χ4v) is 5.30. The maximum absolute atomic E-state index is 13.1. The molecule has 0 fully saturated rings. The number of amides is 1. The molecule has 7 heteroatoms. The summed E-state index contributed by atoms with van der Waals surface area (Å²) in [6.45, 7) is 1.58. The molecule has 0 unspecified atom stereocenters. The number of hydrogen-bond donors (Lipinski definition) is 1. The molecule has 138 valence electrons. The Morgan fingerprint density at radius 1 is 1.04 bits per heavy atom. The van der Waals surface area contributed by atoms with Crippen LogP contribution in [0.2, 0.25) is 0 Å². The van der Waals surface area contributed by atoms with Crippen LogP contribution in [0.3, 0.4) is 0 Å². The largest absolute Gasteiger partial charge is 0.495 e. The molecular weight excluding hydrogens is 364 g/mol. The second kappa shape index (κ2) is 6.28. The smallest absolute Gasteiger partial charge is 0.265 e. The van der Waals surface area contributed by atoms with Gasteiger partial charge < -0.3 is 10.1 Å². The molecule has 1 N–H and O–H groups in total.